The Kier molecular flexibility index (Phi) is 4.47. The molecule has 0 heterocycles. The molecule has 1 aliphatic rings. The van der Waals surface area contributed by atoms with Crippen molar-refractivity contribution in [2.75, 3.05) is 0 Å². The Morgan fingerprint density at radius 2 is 1.88 bits per heavy atom. The number of hydrogen-bond acceptors (Lipinski definition) is 1. The summed E-state index contributed by atoms with van der Waals surface area (Å²) < 4.78 is 6.09. The van der Waals surface area contributed by atoms with E-state index in [0.717, 1.165) is 18.1 Å². The molecule has 1 saturated carbocycles. The van der Waals surface area contributed by atoms with Crippen LogP contribution in [0, 0.1) is 5.92 Å². The van der Waals surface area contributed by atoms with Crippen molar-refractivity contribution in [2.45, 2.75) is 58.5 Å². The van der Waals surface area contributed by atoms with Crippen molar-refractivity contribution in [3.8, 4) is 5.75 Å². The number of aryl methyl sites for hydroxylation is 1. The van der Waals surface area contributed by atoms with Crippen LogP contribution in [0.3, 0.4) is 0 Å². The van der Waals surface area contributed by atoms with E-state index in [1.165, 1.54) is 37.7 Å². The molecule has 2 unspecified atom stereocenters. The van der Waals surface area contributed by atoms with Gasteiger partial charge in [-0.05, 0) is 49.3 Å². The molecule has 94 valence electrons. The van der Waals surface area contributed by atoms with Crippen LogP contribution in [0.25, 0.3) is 0 Å². The quantitative estimate of drug-likeness (QED) is 0.737. The van der Waals surface area contributed by atoms with Gasteiger partial charge in [-0.1, -0.05) is 38.8 Å². The molecule has 1 aliphatic carbocycles. The van der Waals surface area contributed by atoms with Crippen LogP contribution >= 0.6 is 0 Å². The fourth-order valence-corrected chi connectivity index (χ4v) is 2.72. The van der Waals surface area contributed by atoms with Crippen molar-refractivity contribution in [1.29, 1.82) is 0 Å². The van der Waals surface area contributed by atoms with Crippen LogP contribution < -0.4 is 4.74 Å². The van der Waals surface area contributed by atoms with Gasteiger partial charge in [0, 0.05) is 0 Å². The second-order valence-electron chi connectivity index (χ2n) is 5.18. The Labute approximate surface area is 105 Å². The number of ether oxygens (including phenoxy) is 1. The van der Waals surface area contributed by atoms with Crippen LogP contribution in [0.15, 0.2) is 24.3 Å². The second-order valence-corrected chi connectivity index (χ2v) is 5.18. The molecular weight excluding hydrogens is 208 g/mol. The van der Waals surface area contributed by atoms with E-state index in [1.54, 1.807) is 0 Å². The van der Waals surface area contributed by atoms with E-state index in [9.17, 15) is 0 Å². The van der Waals surface area contributed by atoms with Gasteiger partial charge in [0.15, 0.2) is 0 Å². The molecule has 0 saturated heterocycles. The molecule has 1 aromatic rings. The van der Waals surface area contributed by atoms with Gasteiger partial charge in [-0.2, -0.15) is 0 Å². The topological polar surface area (TPSA) is 9.23 Å². The van der Waals surface area contributed by atoms with E-state index in [4.69, 9.17) is 4.74 Å². The first kappa shape index (κ1) is 12.5. The summed E-state index contributed by atoms with van der Waals surface area (Å²) in [6.07, 6.45) is 8.04. The molecule has 0 aliphatic heterocycles. The van der Waals surface area contributed by atoms with Gasteiger partial charge in [0.25, 0.3) is 0 Å². The lowest BCUT2D eigenvalue weighted by atomic mass is 9.85. The fraction of sp³-hybridized carbons (Fsp3) is 0.625. The standard InChI is InChI=1S/C16H24O/c1-3-13-8-10-15(11-9-13)17-16-7-5-6-14(4-2)12-16/h8-11,14,16H,3-7,12H2,1-2H3. The van der Waals surface area contributed by atoms with Gasteiger partial charge < -0.3 is 4.74 Å². The SMILES string of the molecule is CCc1ccc(OC2CCCC(CC)C2)cc1. The van der Waals surface area contributed by atoms with Gasteiger partial charge in [-0.25, -0.2) is 0 Å². The third-order valence-electron chi connectivity index (χ3n) is 3.95. The first-order valence-electron chi connectivity index (χ1n) is 7.07. The molecule has 2 rings (SSSR count). The van der Waals surface area contributed by atoms with Crippen molar-refractivity contribution in [3.63, 3.8) is 0 Å². The monoisotopic (exact) mass is 232 g/mol. The molecule has 1 nitrogen and oxygen atoms in total. The Balaban J connectivity index is 1.90. The minimum atomic E-state index is 0.446. The fourth-order valence-electron chi connectivity index (χ4n) is 2.72. The Hall–Kier alpha value is -0.980. The summed E-state index contributed by atoms with van der Waals surface area (Å²) >= 11 is 0. The lowest BCUT2D eigenvalue weighted by Gasteiger charge is -2.29. The van der Waals surface area contributed by atoms with Crippen LogP contribution in [-0.4, -0.2) is 6.10 Å². The van der Waals surface area contributed by atoms with Crippen molar-refractivity contribution in [1.82, 2.24) is 0 Å². The lowest BCUT2D eigenvalue weighted by Crippen LogP contribution is -2.25. The summed E-state index contributed by atoms with van der Waals surface area (Å²) in [6, 6.07) is 8.59. The van der Waals surface area contributed by atoms with Gasteiger partial charge in [-0.3, -0.25) is 0 Å². The van der Waals surface area contributed by atoms with Gasteiger partial charge >= 0.3 is 0 Å². The van der Waals surface area contributed by atoms with Crippen molar-refractivity contribution < 1.29 is 4.74 Å². The average molecular weight is 232 g/mol. The molecule has 0 aromatic heterocycles. The number of hydrogen-bond donors (Lipinski definition) is 0. The highest BCUT2D eigenvalue weighted by Crippen LogP contribution is 2.29. The largest absolute Gasteiger partial charge is 0.490 e. The van der Waals surface area contributed by atoms with Crippen LogP contribution in [0.5, 0.6) is 5.75 Å². The molecule has 1 fully saturated rings. The van der Waals surface area contributed by atoms with Gasteiger partial charge in [0.2, 0.25) is 0 Å². The zero-order valence-electron chi connectivity index (χ0n) is 11.1. The highest BCUT2D eigenvalue weighted by atomic mass is 16.5. The van der Waals surface area contributed by atoms with Gasteiger partial charge in [0.05, 0.1) is 6.10 Å². The van der Waals surface area contributed by atoms with Crippen LogP contribution in [0.4, 0.5) is 0 Å². The smallest absolute Gasteiger partial charge is 0.119 e. The maximum Gasteiger partial charge on any atom is 0.119 e. The van der Waals surface area contributed by atoms with E-state index in [0.29, 0.717) is 6.10 Å². The van der Waals surface area contributed by atoms with Gasteiger partial charge in [-0.15, -0.1) is 0 Å². The summed E-state index contributed by atoms with van der Waals surface area (Å²) in [6.45, 7) is 4.48. The predicted molar refractivity (Wildman–Crippen MR) is 72.5 cm³/mol. The zero-order chi connectivity index (χ0) is 12.1. The maximum atomic E-state index is 6.09. The molecular formula is C16H24O. The highest BCUT2D eigenvalue weighted by Gasteiger charge is 2.21. The minimum absolute atomic E-state index is 0.446. The molecule has 0 N–H and O–H groups in total. The summed E-state index contributed by atoms with van der Waals surface area (Å²) in [4.78, 5) is 0. The lowest BCUT2D eigenvalue weighted by molar-refractivity contribution is 0.122. The second kappa shape index (κ2) is 6.09. The molecule has 0 amide bonds. The maximum absolute atomic E-state index is 6.09. The van der Waals surface area contributed by atoms with Crippen molar-refractivity contribution in [2.24, 2.45) is 5.92 Å². The van der Waals surface area contributed by atoms with Crippen LogP contribution in [0.1, 0.15) is 51.5 Å². The van der Waals surface area contributed by atoms with Crippen molar-refractivity contribution in [3.05, 3.63) is 29.8 Å². The van der Waals surface area contributed by atoms with E-state index in [2.05, 4.69) is 38.1 Å². The number of rotatable bonds is 4. The predicted octanol–water partition coefficient (Wildman–Crippen LogP) is 4.60. The number of benzene rings is 1. The van der Waals surface area contributed by atoms with E-state index in [-0.39, 0.29) is 0 Å². The highest BCUT2D eigenvalue weighted by molar-refractivity contribution is 5.27. The Bertz CT molecular complexity index is 328. The minimum Gasteiger partial charge on any atom is -0.490 e. The molecule has 0 spiro atoms. The Morgan fingerprint density at radius 1 is 1.12 bits per heavy atom. The van der Waals surface area contributed by atoms with E-state index >= 15 is 0 Å². The van der Waals surface area contributed by atoms with E-state index < -0.39 is 0 Å². The summed E-state index contributed by atoms with van der Waals surface area (Å²) in [5.74, 6) is 1.92. The average Bonchev–Trinajstić information content (AvgIpc) is 2.40. The van der Waals surface area contributed by atoms with E-state index in [1.807, 2.05) is 0 Å². The molecule has 17 heavy (non-hydrogen) atoms. The Morgan fingerprint density at radius 3 is 2.53 bits per heavy atom. The molecule has 1 aromatic carbocycles. The van der Waals surface area contributed by atoms with Crippen LogP contribution in [0.2, 0.25) is 0 Å². The van der Waals surface area contributed by atoms with Gasteiger partial charge in [0.1, 0.15) is 5.75 Å². The first-order valence-corrected chi connectivity index (χ1v) is 7.07. The molecule has 1 heteroatoms. The molecule has 0 radical (unpaired) electrons. The summed E-state index contributed by atoms with van der Waals surface area (Å²) in [5, 5.41) is 0. The third-order valence-corrected chi connectivity index (χ3v) is 3.95. The summed E-state index contributed by atoms with van der Waals surface area (Å²) in [7, 11) is 0. The third kappa shape index (κ3) is 3.49. The first-order chi connectivity index (χ1) is 8.31. The van der Waals surface area contributed by atoms with Crippen LogP contribution in [-0.2, 0) is 6.42 Å². The summed E-state index contributed by atoms with van der Waals surface area (Å²) in [5.41, 5.74) is 1.38. The normalized spacial score (nSPS) is 24.6. The zero-order valence-corrected chi connectivity index (χ0v) is 11.1. The van der Waals surface area contributed by atoms with Crippen molar-refractivity contribution >= 4 is 0 Å². The molecule has 0 bridgehead atoms. The molecule has 2 atom stereocenters.